The van der Waals surface area contributed by atoms with Crippen molar-refractivity contribution >= 4 is 11.5 Å². The van der Waals surface area contributed by atoms with Crippen molar-refractivity contribution in [2.24, 2.45) is 5.92 Å². The van der Waals surface area contributed by atoms with Gasteiger partial charge in [-0.2, -0.15) is 0 Å². The lowest BCUT2D eigenvalue weighted by atomic mass is 9.96. The lowest BCUT2D eigenvalue weighted by Crippen LogP contribution is -2.11. The van der Waals surface area contributed by atoms with Crippen molar-refractivity contribution in [3.05, 3.63) is 33.9 Å². The first-order valence-electron chi connectivity index (χ1n) is 6.00. The molecule has 5 nitrogen and oxygen atoms in total. The number of methoxy groups -OCH3 is 1. The maximum atomic E-state index is 12.2. The summed E-state index contributed by atoms with van der Waals surface area (Å²) in [6.07, 6.45) is 3.90. The Morgan fingerprint density at radius 3 is 2.61 bits per heavy atom. The molecule has 0 spiro atoms. The first kappa shape index (κ1) is 12.5. The second kappa shape index (κ2) is 5.16. The Morgan fingerprint density at radius 1 is 1.39 bits per heavy atom. The minimum absolute atomic E-state index is 0.0123. The van der Waals surface area contributed by atoms with Crippen molar-refractivity contribution in [2.45, 2.75) is 25.7 Å². The summed E-state index contributed by atoms with van der Waals surface area (Å²) < 4.78 is 4.91. The van der Waals surface area contributed by atoms with Gasteiger partial charge in [0, 0.05) is 17.5 Å². The number of carbonyl (C=O) groups excluding carboxylic acids is 1. The van der Waals surface area contributed by atoms with Crippen LogP contribution in [-0.2, 0) is 0 Å². The molecular weight excluding hydrogens is 234 g/mol. The molecule has 1 aliphatic carbocycles. The highest BCUT2D eigenvalue weighted by Crippen LogP contribution is 2.32. The van der Waals surface area contributed by atoms with Crippen LogP contribution < -0.4 is 4.74 Å². The third-order valence-corrected chi connectivity index (χ3v) is 3.39. The Balaban J connectivity index is 2.31. The molecule has 0 saturated heterocycles. The molecule has 0 bridgehead atoms. The molecule has 0 aromatic heterocycles. The maximum absolute atomic E-state index is 12.2. The van der Waals surface area contributed by atoms with Crippen LogP contribution in [0.2, 0.25) is 0 Å². The van der Waals surface area contributed by atoms with Crippen molar-refractivity contribution < 1.29 is 14.5 Å². The molecule has 1 aromatic carbocycles. The summed E-state index contributed by atoms with van der Waals surface area (Å²) >= 11 is 0. The van der Waals surface area contributed by atoms with E-state index in [2.05, 4.69) is 0 Å². The molecular formula is C13H15NO4. The topological polar surface area (TPSA) is 69.4 Å². The molecule has 96 valence electrons. The molecule has 2 rings (SSSR count). The minimum atomic E-state index is -0.524. The first-order valence-corrected chi connectivity index (χ1v) is 6.00. The van der Waals surface area contributed by atoms with E-state index in [4.69, 9.17) is 4.74 Å². The summed E-state index contributed by atoms with van der Waals surface area (Å²) in [5.41, 5.74) is 0.260. The highest BCUT2D eigenvalue weighted by Gasteiger charge is 2.26. The normalized spacial score (nSPS) is 15.6. The number of carbonyl (C=O) groups is 1. The van der Waals surface area contributed by atoms with Gasteiger partial charge < -0.3 is 4.74 Å². The molecule has 1 fully saturated rings. The molecule has 0 N–H and O–H groups in total. The second-order valence-corrected chi connectivity index (χ2v) is 4.49. The van der Waals surface area contributed by atoms with E-state index in [1.165, 1.54) is 19.2 Å². The summed E-state index contributed by atoms with van der Waals surface area (Å²) in [5.74, 6) is 0.222. The van der Waals surface area contributed by atoms with Crippen molar-refractivity contribution in [2.75, 3.05) is 7.11 Å². The van der Waals surface area contributed by atoms with Gasteiger partial charge in [-0.3, -0.25) is 14.9 Å². The third-order valence-electron chi connectivity index (χ3n) is 3.39. The minimum Gasteiger partial charge on any atom is -0.490 e. The van der Waals surface area contributed by atoms with E-state index in [-0.39, 0.29) is 23.1 Å². The number of benzene rings is 1. The molecule has 0 amide bonds. The van der Waals surface area contributed by atoms with Crippen LogP contribution in [0.3, 0.4) is 0 Å². The van der Waals surface area contributed by atoms with Crippen LogP contribution in [0.4, 0.5) is 5.69 Å². The van der Waals surface area contributed by atoms with Crippen LogP contribution in [-0.4, -0.2) is 17.8 Å². The number of hydrogen-bond acceptors (Lipinski definition) is 4. The van der Waals surface area contributed by atoms with E-state index < -0.39 is 4.92 Å². The molecule has 0 atom stereocenters. The van der Waals surface area contributed by atoms with Gasteiger partial charge in [0.1, 0.15) is 0 Å². The Hall–Kier alpha value is -1.91. The molecule has 5 heteroatoms. The zero-order chi connectivity index (χ0) is 13.1. The van der Waals surface area contributed by atoms with Gasteiger partial charge in [-0.1, -0.05) is 12.8 Å². The third kappa shape index (κ3) is 2.34. The Labute approximate surface area is 105 Å². The summed E-state index contributed by atoms with van der Waals surface area (Å²) in [7, 11) is 1.38. The largest absolute Gasteiger partial charge is 0.490 e. The molecule has 1 saturated carbocycles. The standard InChI is InChI=1S/C13H15NO4/c1-18-12-7-6-10(8-11(12)14(16)17)13(15)9-4-2-3-5-9/h6-9H,2-5H2,1H3. The van der Waals surface area contributed by atoms with Crippen molar-refractivity contribution in [1.29, 1.82) is 0 Å². The Morgan fingerprint density at radius 2 is 2.06 bits per heavy atom. The Kier molecular flexibility index (Phi) is 3.60. The number of Topliss-reactive ketones (excluding diaryl/α,β-unsaturated/α-hetero) is 1. The number of ether oxygens (including phenoxy) is 1. The highest BCUT2D eigenvalue weighted by atomic mass is 16.6. The van der Waals surface area contributed by atoms with Crippen molar-refractivity contribution in [1.82, 2.24) is 0 Å². The van der Waals surface area contributed by atoms with Crippen LogP contribution in [0.25, 0.3) is 0 Å². The van der Waals surface area contributed by atoms with Gasteiger partial charge in [-0.05, 0) is 25.0 Å². The Bertz CT molecular complexity index is 478. The van der Waals surface area contributed by atoms with Gasteiger partial charge >= 0.3 is 5.69 Å². The van der Waals surface area contributed by atoms with Gasteiger partial charge in [0.25, 0.3) is 0 Å². The average molecular weight is 249 g/mol. The van der Waals surface area contributed by atoms with Gasteiger partial charge in [0.2, 0.25) is 0 Å². The fourth-order valence-electron chi connectivity index (χ4n) is 2.41. The van der Waals surface area contributed by atoms with Crippen LogP contribution in [0.15, 0.2) is 18.2 Å². The smallest absolute Gasteiger partial charge is 0.311 e. The zero-order valence-corrected chi connectivity index (χ0v) is 10.2. The lowest BCUT2D eigenvalue weighted by molar-refractivity contribution is -0.385. The fraction of sp³-hybridized carbons (Fsp3) is 0.462. The van der Waals surface area contributed by atoms with Gasteiger partial charge in [-0.15, -0.1) is 0 Å². The van der Waals surface area contributed by atoms with Crippen LogP contribution in [0.1, 0.15) is 36.0 Å². The van der Waals surface area contributed by atoms with Crippen LogP contribution >= 0.6 is 0 Å². The molecule has 0 radical (unpaired) electrons. The first-order chi connectivity index (χ1) is 8.63. The monoisotopic (exact) mass is 249 g/mol. The number of rotatable bonds is 4. The van der Waals surface area contributed by atoms with Crippen LogP contribution in [0, 0.1) is 16.0 Å². The molecule has 1 aromatic rings. The summed E-state index contributed by atoms with van der Waals surface area (Å²) in [5, 5.41) is 10.9. The predicted molar refractivity (Wildman–Crippen MR) is 65.9 cm³/mol. The molecule has 18 heavy (non-hydrogen) atoms. The van der Waals surface area contributed by atoms with Crippen molar-refractivity contribution in [3.63, 3.8) is 0 Å². The van der Waals surface area contributed by atoms with Gasteiger partial charge in [0.05, 0.1) is 12.0 Å². The van der Waals surface area contributed by atoms with E-state index in [1.54, 1.807) is 6.07 Å². The quantitative estimate of drug-likeness (QED) is 0.467. The summed E-state index contributed by atoms with van der Waals surface area (Å²) in [6, 6.07) is 4.41. The van der Waals surface area contributed by atoms with E-state index in [0.29, 0.717) is 5.56 Å². The van der Waals surface area contributed by atoms with Gasteiger partial charge in [0.15, 0.2) is 11.5 Å². The zero-order valence-electron chi connectivity index (χ0n) is 10.2. The lowest BCUT2D eigenvalue weighted by Gasteiger charge is -2.08. The number of ketones is 1. The molecule has 0 unspecified atom stereocenters. The molecule has 1 aliphatic rings. The summed E-state index contributed by atoms with van der Waals surface area (Å²) in [4.78, 5) is 22.5. The predicted octanol–water partition coefficient (Wildman–Crippen LogP) is 2.98. The van der Waals surface area contributed by atoms with E-state index in [9.17, 15) is 14.9 Å². The fourth-order valence-corrected chi connectivity index (χ4v) is 2.41. The maximum Gasteiger partial charge on any atom is 0.311 e. The van der Waals surface area contributed by atoms with E-state index in [1.807, 2.05) is 0 Å². The second-order valence-electron chi connectivity index (χ2n) is 4.49. The number of nitro benzene ring substituents is 1. The van der Waals surface area contributed by atoms with Crippen LogP contribution in [0.5, 0.6) is 5.75 Å². The molecule has 0 heterocycles. The van der Waals surface area contributed by atoms with E-state index in [0.717, 1.165) is 25.7 Å². The average Bonchev–Trinajstić information content (AvgIpc) is 2.90. The summed E-state index contributed by atoms with van der Waals surface area (Å²) in [6.45, 7) is 0. The SMILES string of the molecule is COc1ccc(C(=O)C2CCCC2)cc1[N+](=O)[O-]. The number of nitro groups is 1. The number of nitrogens with zero attached hydrogens (tertiary/aromatic N) is 1. The van der Waals surface area contributed by atoms with Gasteiger partial charge in [-0.25, -0.2) is 0 Å². The van der Waals surface area contributed by atoms with Crippen molar-refractivity contribution in [3.8, 4) is 5.75 Å². The number of hydrogen-bond donors (Lipinski definition) is 0. The molecule has 0 aliphatic heterocycles. The highest BCUT2D eigenvalue weighted by molar-refractivity contribution is 5.98. The van der Waals surface area contributed by atoms with E-state index >= 15 is 0 Å².